The first-order chi connectivity index (χ1) is 8.58. The molecule has 0 bridgehead atoms. The minimum absolute atomic E-state index is 0.0620. The molecule has 0 unspecified atom stereocenters. The number of carbonyl (C=O) groups excluding carboxylic acids is 1. The molecule has 0 aromatic heterocycles. The van der Waals surface area contributed by atoms with Gasteiger partial charge in [-0.25, -0.2) is 0 Å². The summed E-state index contributed by atoms with van der Waals surface area (Å²) in [6, 6.07) is 5.59. The standard InChI is InChI=1S/C14H19ClN2O/c1-9-6-7-10(11(15)8-9)14(18)17-13-5-3-2-4-12(13)16/h6-8,12-13H,2-5,16H2,1H3,(H,17,18)/t12-,13-/m1/s1. The summed E-state index contributed by atoms with van der Waals surface area (Å²) in [5.74, 6) is -0.123. The van der Waals surface area contributed by atoms with Gasteiger partial charge in [-0.3, -0.25) is 4.79 Å². The van der Waals surface area contributed by atoms with E-state index in [1.807, 2.05) is 13.0 Å². The van der Waals surface area contributed by atoms with Gasteiger partial charge in [-0.05, 0) is 37.5 Å². The first kappa shape index (κ1) is 13.4. The summed E-state index contributed by atoms with van der Waals surface area (Å²) >= 11 is 6.09. The first-order valence-electron chi connectivity index (χ1n) is 6.40. The summed E-state index contributed by atoms with van der Waals surface area (Å²) in [4.78, 5) is 12.1. The van der Waals surface area contributed by atoms with E-state index in [0.717, 1.165) is 31.2 Å². The lowest BCUT2D eigenvalue weighted by atomic mass is 9.91. The molecular formula is C14H19ClN2O. The fraction of sp³-hybridized carbons (Fsp3) is 0.500. The third kappa shape index (κ3) is 3.03. The highest BCUT2D eigenvalue weighted by Gasteiger charge is 2.24. The van der Waals surface area contributed by atoms with Crippen molar-refractivity contribution in [2.45, 2.75) is 44.7 Å². The highest BCUT2D eigenvalue weighted by Crippen LogP contribution is 2.20. The van der Waals surface area contributed by atoms with Crippen LogP contribution in [0.2, 0.25) is 5.02 Å². The maximum atomic E-state index is 12.1. The minimum Gasteiger partial charge on any atom is -0.348 e. The molecule has 1 fully saturated rings. The summed E-state index contributed by atoms with van der Waals surface area (Å²) in [7, 11) is 0. The Hall–Kier alpha value is -1.06. The molecule has 18 heavy (non-hydrogen) atoms. The number of hydrogen-bond acceptors (Lipinski definition) is 2. The molecular weight excluding hydrogens is 248 g/mol. The zero-order chi connectivity index (χ0) is 13.1. The number of benzene rings is 1. The van der Waals surface area contributed by atoms with Crippen LogP contribution in [-0.4, -0.2) is 18.0 Å². The van der Waals surface area contributed by atoms with Gasteiger partial charge < -0.3 is 11.1 Å². The quantitative estimate of drug-likeness (QED) is 0.865. The molecule has 1 amide bonds. The summed E-state index contributed by atoms with van der Waals surface area (Å²) in [5, 5.41) is 3.49. The molecule has 0 aliphatic heterocycles. The normalized spacial score (nSPS) is 23.7. The summed E-state index contributed by atoms with van der Waals surface area (Å²) < 4.78 is 0. The molecule has 4 heteroatoms. The van der Waals surface area contributed by atoms with Crippen molar-refractivity contribution in [2.75, 3.05) is 0 Å². The van der Waals surface area contributed by atoms with Gasteiger partial charge in [-0.2, -0.15) is 0 Å². The van der Waals surface area contributed by atoms with Crippen LogP contribution < -0.4 is 11.1 Å². The van der Waals surface area contributed by atoms with Gasteiger partial charge in [0.15, 0.2) is 0 Å². The maximum absolute atomic E-state index is 12.1. The summed E-state index contributed by atoms with van der Waals surface area (Å²) in [6.45, 7) is 1.95. The number of hydrogen-bond donors (Lipinski definition) is 2. The molecule has 3 nitrogen and oxygen atoms in total. The zero-order valence-electron chi connectivity index (χ0n) is 10.6. The van der Waals surface area contributed by atoms with Crippen LogP contribution in [0, 0.1) is 6.92 Å². The summed E-state index contributed by atoms with van der Waals surface area (Å²) in [5.41, 5.74) is 7.59. The molecule has 1 saturated carbocycles. The fourth-order valence-electron chi connectivity index (χ4n) is 2.39. The van der Waals surface area contributed by atoms with Crippen molar-refractivity contribution in [3.05, 3.63) is 34.3 Å². The smallest absolute Gasteiger partial charge is 0.253 e. The van der Waals surface area contributed by atoms with Crippen LogP contribution in [0.25, 0.3) is 0 Å². The van der Waals surface area contributed by atoms with Gasteiger partial charge in [0.05, 0.1) is 10.6 Å². The lowest BCUT2D eigenvalue weighted by Crippen LogP contribution is -2.49. The molecule has 0 spiro atoms. The van der Waals surface area contributed by atoms with Crippen molar-refractivity contribution in [3.8, 4) is 0 Å². The van der Waals surface area contributed by atoms with Crippen molar-refractivity contribution >= 4 is 17.5 Å². The molecule has 98 valence electrons. The van der Waals surface area contributed by atoms with Gasteiger partial charge >= 0.3 is 0 Å². The number of amides is 1. The molecule has 1 aromatic carbocycles. The second-order valence-electron chi connectivity index (χ2n) is 5.01. The molecule has 2 rings (SSSR count). The highest BCUT2D eigenvalue weighted by atomic mass is 35.5. The monoisotopic (exact) mass is 266 g/mol. The Morgan fingerprint density at radius 1 is 1.39 bits per heavy atom. The van der Waals surface area contributed by atoms with Gasteiger partial charge in [0.2, 0.25) is 0 Å². The Labute approximate surface area is 113 Å². The summed E-state index contributed by atoms with van der Waals surface area (Å²) in [6.07, 6.45) is 4.21. The fourth-order valence-corrected chi connectivity index (χ4v) is 2.71. The third-order valence-corrected chi connectivity index (χ3v) is 3.82. The maximum Gasteiger partial charge on any atom is 0.253 e. The van der Waals surface area contributed by atoms with Crippen LogP contribution in [0.1, 0.15) is 41.6 Å². The lowest BCUT2D eigenvalue weighted by molar-refractivity contribution is 0.0921. The Bertz CT molecular complexity index is 447. The molecule has 3 N–H and O–H groups in total. The predicted molar refractivity (Wildman–Crippen MR) is 73.9 cm³/mol. The Morgan fingerprint density at radius 2 is 2.11 bits per heavy atom. The molecule has 0 radical (unpaired) electrons. The number of rotatable bonds is 2. The van der Waals surface area contributed by atoms with Crippen molar-refractivity contribution < 1.29 is 4.79 Å². The second-order valence-corrected chi connectivity index (χ2v) is 5.42. The number of nitrogens with two attached hydrogens (primary N) is 1. The predicted octanol–water partition coefficient (Wildman–Crippen LogP) is 2.65. The van der Waals surface area contributed by atoms with Crippen molar-refractivity contribution in [1.82, 2.24) is 5.32 Å². The van der Waals surface area contributed by atoms with Crippen molar-refractivity contribution in [3.63, 3.8) is 0 Å². The van der Waals surface area contributed by atoms with Crippen LogP contribution in [0.3, 0.4) is 0 Å². The van der Waals surface area contributed by atoms with E-state index in [0.29, 0.717) is 10.6 Å². The van der Waals surface area contributed by atoms with E-state index in [1.54, 1.807) is 12.1 Å². The van der Waals surface area contributed by atoms with E-state index in [9.17, 15) is 4.79 Å². The van der Waals surface area contributed by atoms with Gasteiger partial charge in [0, 0.05) is 12.1 Å². The van der Waals surface area contributed by atoms with Gasteiger partial charge in [-0.15, -0.1) is 0 Å². The third-order valence-electron chi connectivity index (χ3n) is 3.51. The van der Waals surface area contributed by atoms with Gasteiger partial charge in [0.1, 0.15) is 0 Å². The second kappa shape index (κ2) is 5.72. The van der Waals surface area contributed by atoms with Crippen LogP contribution in [0.5, 0.6) is 0 Å². The van der Waals surface area contributed by atoms with Gasteiger partial charge in [-0.1, -0.05) is 30.5 Å². The van der Waals surface area contributed by atoms with Gasteiger partial charge in [0.25, 0.3) is 5.91 Å². The number of carbonyl (C=O) groups is 1. The van der Waals surface area contributed by atoms with Crippen LogP contribution in [0.4, 0.5) is 0 Å². The highest BCUT2D eigenvalue weighted by molar-refractivity contribution is 6.33. The Morgan fingerprint density at radius 3 is 2.78 bits per heavy atom. The van der Waals surface area contributed by atoms with E-state index in [-0.39, 0.29) is 18.0 Å². The van der Waals surface area contributed by atoms with E-state index >= 15 is 0 Å². The average Bonchev–Trinajstić information content (AvgIpc) is 2.32. The molecule has 2 atom stereocenters. The topological polar surface area (TPSA) is 55.1 Å². The SMILES string of the molecule is Cc1ccc(C(=O)N[C@@H]2CCCC[C@H]2N)c(Cl)c1. The Kier molecular flexibility index (Phi) is 4.25. The minimum atomic E-state index is -0.123. The van der Waals surface area contributed by atoms with E-state index in [2.05, 4.69) is 5.32 Å². The first-order valence-corrected chi connectivity index (χ1v) is 6.78. The van der Waals surface area contributed by atoms with E-state index < -0.39 is 0 Å². The molecule has 1 aliphatic carbocycles. The molecule has 0 heterocycles. The molecule has 0 saturated heterocycles. The number of halogens is 1. The van der Waals surface area contributed by atoms with Crippen LogP contribution in [-0.2, 0) is 0 Å². The van der Waals surface area contributed by atoms with Crippen LogP contribution in [0.15, 0.2) is 18.2 Å². The number of nitrogens with one attached hydrogen (secondary N) is 1. The van der Waals surface area contributed by atoms with Crippen LogP contribution >= 0.6 is 11.6 Å². The van der Waals surface area contributed by atoms with E-state index in [4.69, 9.17) is 17.3 Å². The van der Waals surface area contributed by atoms with E-state index in [1.165, 1.54) is 0 Å². The van der Waals surface area contributed by atoms with Crippen molar-refractivity contribution in [2.24, 2.45) is 5.73 Å². The average molecular weight is 267 g/mol. The lowest BCUT2D eigenvalue weighted by Gasteiger charge is -2.29. The molecule has 1 aromatic rings. The Balaban J connectivity index is 2.07. The molecule has 1 aliphatic rings. The zero-order valence-corrected chi connectivity index (χ0v) is 11.3. The number of aryl methyl sites for hydroxylation is 1. The van der Waals surface area contributed by atoms with Crippen molar-refractivity contribution in [1.29, 1.82) is 0 Å². The largest absolute Gasteiger partial charge is 0.348 e.